The molecule has 3 heteroatoms. The third kappa shape index (κ3) is 1.97. The molecule has 0 aromatic heterocycles. The van der Waals surface area contributed by atoms with Crippen LogP contribution in [0.3, 0.4) is 0 Å². The monoisotopic (exact) mass is 148 g/mol. The molecule has 3 nitrogen and oxygen atoms in total. The van der Waals surface area contributed by atoms with E-state index in [9.17, 15) is 4.79 Å². The molecule has 0 fully saturated rings. The highest BCUT2D eigenvalue weighted by Crippen LogP contribution is 1.99. The van der Waals surface area contributed by atoms with Gasteiger partial charge >= 0.3 is 0 Å². The maximum absolute atomic E-state index is 11.0. The Bertz CT molecular complexity index is 256. The number of hydrogen-bond donors (Lipinski definition) is 1. The Morgan fingerprint density at radius 2 is 2.00 bits per heavy atom. The number of hydrogen-bond acceptors (Lipinski definition) is 3. The van der Waals surface area contributed by atoms with Crippen molar-refractivity contribution in [3.8, 4) is 0 Å². The van der Waals surface area contributed by atoms with Gasteiger partial charge in [0.2, 0.25) is 0 Å². The van der Waals surface area contributed by atoms with E-state index in [0.29, 0.717) is 5.56 Å². The highest BCUT2D eigenvalue weighted by Gasteiger charge is 2.01. The fourth-order valence-electron chi connectivity index (χ4n) is 0.787. The van der Waals surface area contributed by atoms with E-state index in [1.807, 2.05) is 6.07 Å². The van der Waals surface area contributed by atoms with Crippen molar-refractivity contribution < 1.29 is 4.79 Å². The summed E-state index contributed by atoms with van der Waals surface area (Å²) < 4.78 is 0. The lowest BCUT2D eigenvalue weighted by Gasteiger charge is -1.93. The first kappa shape index (κ1) is 7.60. The van der Waals surface area contributed by atoms with Crippen LogP contribution in [0.2, 0.25) is 0 Å². The molecule has 0 bridgehead atoms. The van der Waals surface area contributed by atoms with Gasteiger partial charge in [-0.2, -0.15) is 5.11 Å². The van der Waals surface area contributed by atoms with Crippen molar-refractivity contribution in [2.45, 2.75) is 0 Å². The molecule has 56 valence electrons. The average Bonchev–Trinajstić information content (AvgIpc) is 2.07. The molecule has 0 spiro atoms. The van der Waals surface area contributed by atoms with Crippen LogP contribution in [0.5, 0.6) is 0 Å². The van der Waals surface area contributed by atoms with Crippen molar-refractivity contribution in [1.29, 1.82) is 5.53 Å². The second-order valence-corrected chi connectivity index (χ2v) is 2.11. The minimum atomic E-state index is -0.111. The number of Topliss-reactive ketones (excluding diaryl/α,β-unsaturated/α-hetero) is 1. The Morgan fingerprint density at radius 1 is 1.36 bits per heavy atom. The molecule has 0 aliphatic carbocycles. The van der Waals surface area contributed by atoms with E-state index >= 15 is 0 Å². The lowest BCUT2D eigenvalue weighted by atomic mass is 10.1. The number of nitrogens with zero attached hydrogens (tertiary/aromatic N) is 1. The third-order valence-corrected chi connectivity index (χ3v) is 1.32. The molecular formula is C8H8N2O. The Hall–Kier alpha value is -1.51. The van der Waals surface area contributed by atoms with Crippen molar-refractivity contribution in [1.82, 2.24) is 0 Å². The highest BCUT2D eigenvalue weighted by molar-refractivity contribution is 5.97. The molecule has 0 aliphatic heterocycles. The van der Waals surface area contributed by atoms with Crippen LogP contribution in [0.25, 0.3) is 0 Å². The van der Waals surface area contributed by atoms with E-state index in [1.54, 1.807) is 24.3 Å². The van der Waals surface area contributed by atoms with Crippen molar-refractivity contribution in [2.75, 3.05) is 6.54 Å². The van der Waals surface area contributed by atoms with Gasteiger partial charge in [-0.05, 0) is 0 Å². The van der Waals surface area contributed by atoms with Gasteiger partial charge in [0.1, 0.15) is 6.54 Å². The molecule has 1 N–H and O–H groups in total. The SMILES string of the molecule is N=NCC(=O)c1ccccc1. The van der Waals surface area contributed by atoms with Crippen LogP contribution in [0.4, 0.5) is 0 Å². The van der Waals surface area contributed by atoms with Crippen molar-refractivity contribution in [3.05, 3.63) is 35.9 Å². The van der Waals surface area contributed by atoms with E-state index in [2.05, 4.69) is 5.11 Å². The lowest BCUT2D eigenvalue weighted by molar-refractivity contribution is 0.1000. The molecular weight excluding hydrogens is 140 g/mol. The third-order valence-electron chi connectivity index (χ3n) is 1.32. The molecule has 0 saturated carbocycles. The predicted molar refractivity (Wildman–Crippen MR) is 40.8 cm³/mol. The van der Waals surface area contributed by atoms with Gasteiger partial charge in [0.25, 0.3) is 0 Å². The summed E-state index contributed by atoms with van der Waals surface area (Å²) in [6, 6.07) is 8.85. The van der Waals surface area contributed by atoms with Crippen LogP contribution in [0, 0.1) is 5.53 Å². The number of carbonyl (C=O) groups is 1. The summed E-state index contributed by atoms with van der Waals surface area (Å²) >= 11 is 0. The van der Waals surface area contributed by atoms with Crippen LogP contribution < -0.4 is 0 Å². The smallest absolute Gasteiger partial charge is 0.186 e. The fraction of sp³-hybridized carbons (Fsp3) is 0.125. The molecule has 0 unspecified atom stereocenters. The van der Waals surface area contributed by atoms with Crippen molar-refractivity contribution in [2.24, 2.45) is 5.11 Å². The quantitative estimate of drug-likeness (QED) is 0.516. The number of ketones is 1. The number of carbonyl (C=O) groups excluding carboxylic acids is 1. The van der Waals surface area contributed by atoms with Gasteiger partial charge < -0.3 is 0 Å². The number of rotatable bonds is 3. The number of nitrogens with one attached hydrogen (secondary N) is 1. The molecule has 0 aliphatic rings. The molecule has 0 heterocycles. The second kappa shape index (κ2) is 3.61. The molecule has 1 rings (SSSR count). The Balaban J connectivity index is 2.77. The van der Waals surface area contributed by atoms with E-state index in [0.717, 1.165) is 0 Å². The van der Waals surface area contributed by atoms with Crippen LogP contribution in [-0.4, -0.2) is 12.3 Å². The van der Waals surface area contributed by atoms with E-state index in [1.165, 1.54) is 0 Å². The molecule has 1 aromatic carbocycles. The minimum absolute atomic E-state index is 0.0516. The highest BCUT2D eigenvalue weighted by atomic mass is 16.1. The summed E-state index contributed by atoms with van der Waals surface area (Å²) in [6.07, 6.45) is 0. The van der Waals surface area contributed by atoms with Gasteiger partial charge in [0.15, 0.2) is 5.78 Å². The van der Waals surface area contributed by atoms with E-state index in [-0.39, 0.29) is 12.3 Å². The molecule has 1 aromatic rings. The first-order valence-corrected chi connectivity index (χ1v) is 3.26. The van der Waals surface area contributed by atoms with Crippen molar-refractivity contribution >= 4 is 5.78 Å². The fourth-order valence-corrected chi connectivity index (χ4v) is 0.787. The summed E-state index contributed by atoms with van der Waals surface area (Å²) in [6.45, 7) is -0.0516. The normalized spacial score (nSPS) is 9.09. The second-order valence-electron chi connectivity index (χ2n) is 2.11. The first-order valence-electron chi connectivity index (χ1n) is 3.26. The summed E-state index contributed by atoms with van der Waals surface area (Å²) in [5.41, 5.74) is 7.10. The van der Waals surface area contributed by atoms with Crippen LogP contribution in [0.15, 0.2) is 35.4 Å². The summed E-state index contributed by atoms with van der Waals surface area (Å²) in [5.74, 6) is -0.111. The van der Waals surface area contributed by atoms with Crippen LogP contribution >= 0.6 is 0 Å². The average molecular weight is 148 g/mol. The standard InChI is InChI=1S/C8H8N2O/c9-10-6-8(11)7-4-2-1-3-5-7/h1-5,9H,6H2. The number of benzene rings is 1. The van der Waals surface area contributed by atoms with Gasteiger partial charge in [0.05, 0.1) is 0 Å². The van der Waals surface area contributed by atoms with Gasteiger partial charge in [-0.15, -0.1) is 0 Å². The largest absolute Gasteiger partial charge is 0.292 e. The van der Waals surface area contributed by atoms with E-state index < -0.39 is 0 Å². The summed E-state index contributed by atoms with van der Waals surface area (Å²) in [5, 5.41) is 3.01. The predicted octanol–water partition coefficient (Wildman–Crippen LogP) is 1.90. The van der Waals surface area contributed by atoms with Gasteiger partial charge in [-0.1, -0.05) is 30.3 Å². The maximum atomic E-state index is 11.0. The summed E-state index contributed by atoms with van der Waals surface area (Å²) in [4.78, 5) is 11.0. The van der Waals surface area contributed by atoms with Gasteiger partial charge in [0, 0.05) is 5.56 Å². The van der Waals surface area contributed by atoms with E-state index in [4.69, 9.17) is 5.53 Å². The molecule has 0 radical (unpaired) electrons. The van der Waals surface area contributed by atoms with Crippen LogP contribution in [0.1, 0.15) is 10.4 Å². The Morgan fingerprint density at radius 3 is 2.55 bits per heavy atom. The maximum Gasteiger partial charge on any atom is 0.186 e. The topological polar surface area (TPSA) is 53.3 Å². The van der Waals surface area contributed by atoms with Gasteiger partial charge in [-0.25, -0.2) is 5.53 Å². The molecule has 0 atom stereocenters. The first-order chi connectivity index (χ1) is 5.34. The zero-order chi connectivity index (χ0) is 8.10. The Kier molecular flexibility index (Phi) is 2.49. The van der Waals surface area contributed by atoms with Crippen LogP contribution in [-0.2, 0) is 0 Å². The lowest BCUT2D eigenvalue weighted by Crippen LogP contribution is -2.01. The zero-order valence-corrected chi connectivity index (χ0v) is 5.95. The zero-order valence-electron chi connectivity index (χ0n) is 5.95. The molecule has 0 saturated heterocycles. The minimum Gasteiger partial charge on any atom is -0.292 e. The van der Waals surface area contributed by atoms with Crippen molar-refractivity contribution in [3.63, 3.8) is 0 Å². The van der Waals surface area contributed by atoms with Gasteiger partial charge in [-0.3, -0.25) is 4.79 Å². The molecule has 0 amide bonds. The molecule has 11 heavy (non-hydrogen) atoms. The summed E-state index contributed by atoms with van der Waals surface area (Å²) in [7, 11) is 0. The Labute approximate surface area is 64.6 Å².